The Labute approximate surface area is 111 Å². The second-order valence-corrected chi connectivity index (χ2v) is 4.97. The molecular formula is C13H19NO3S. The van der Waals surface area contributed by atoms with E-state index in [1.807, 2.05) is 11.4 Å². The number of aliphatic hydroxyl groups excluding tert-OH is 1. The summed E-state index contributed by atoms with van der Waals surface area (Å²) < 4.78 is 0. The standard InChI is InChI=1S/C13H19NO3S/c1-2-6-14(7-8-15)10-12-11(5-9-18-12)3-4-13(16)17/h3-5,9,15H,2,6-8,10H2,1H3,(H,16,17). The normalized spacial score (nSPS) is 11.5. The Morgan fingerprint density at radius 2 is 2.28 bits per heavy atom. The van der Waals surface area contributed by atoms with Crippen molar-refractivity contribution in [3.05, 3.63) is 28.0 Å². The van der Waals surface area contributed by atoms with Crippen molar-refractivity contribution >= 4 is 23.4 Å². The van der Waals surface area contributed by atoms with Gasteiger partial charge in [0.2, 0.25) is 0 Å². The van der Waals surface area contributed by atoms with E-state index in [1.165, 1.54) is 0 Å². The highest BCUT2D eigenvalue weighted by molar-refractivity contribution is 7.10. The summed E-state index contributed by atoms with van der Waals surface area (Å²) in [6, 6.07) is 1.92. The van der Waals surface area contributed by atoms with Gasteiger partial charge >= 0.3 is 5.97 Å². The Kier molecular flexibility index (Phi) is 6.64. The number of thiophene rings is 1. The third-order valence-corrected chi connectivity index (χ3v) is 3.43. The van der Waals surface area contributed by atoms with Crippen LogP contribution >= 0.6 is 11.3 Å². The largest absolute Gasteiger partial charge is 0.478 e. The van der Waals surface area contributed by atoms with Gasteiger partial charge in [-0.1, -0.05) is 6.92 Å². The van der Waals surface area contributed by atoms with E-state index in [2.05, 4.69) is 11.8 Å². The molecule has 0 saturated carbocycles. The summed E-state index contributed by atoms with van der Waals surface area (Å²) in [7, 11) is 0. The van der Waals surface area contributed by atoms with Gasteiger partial charge in [-0.3, -0.25) is 4.90 Å². The molecule has 2 N–H and O–H groups in total. The van der Waals surface area contributed by atoms with Crippen molar-refractivity contribution in [1.82, 2.24) is 4.90 Å². The van der Waals surface area contributed by atoms with Gasteiger partial charge in [0, 0.05) is 24.0 Å². The lowest BCUT2D eigenvalue weighted by Gasteiger charge is -2.20. The third-order valence-electron chi connectivity index (χ3n) is 2.51. The smallest absolute Gasteiger partial charge is 0.328 e. The van der Waals surface area contributed by atoms with Crippen molar-refractivity contribution < 1.29 is 15.0 Å². The number of hydrogen-bond donors (Lipinski definition) is 2. The van der Waals surface area contributed by atoms with Gasteiger partial charge in [-0.05, 0) is 36.1 Å². The van der Waals surface area contributed by atoms with Gasteiger partial charge in [-0.15, -0.1) is 11.3 Å². The van der Waals surface area contributed by atoms with Crippen LogP contribution in [0.4, 0.5) is 0 Å². The minimum Gasteiger partial charge on any atom is -0.478 e. The number of carboxylic acids is 1. The number of aliphatic carboxylic acids is 1. The molecule has 0 atom stereocenters. The number of nitrogens with zero attached hydrogens (tertiary/aromatic N) is 1. The van der Waals surface area contributed by atoms with Gasteiger partial charge in [0.05, 0.1) is 6.61 Å². The zero-order valence-corrected chi connectivity index (χ0v) is 11.3. The Morgan fingerprint density at radius 1 is 1.50 bits per heavy atom. The first kappa shape index (κ1) is 14.9. The van der Waals surface area contributed by atoms with Crippen LogP contribution in [0.5, 0.6) is 0 Å². The molecule has 18 heavy (non-hydrogen) atoms. The molecule has 0 aliphatic heterocycles. The summed E-state index contributed by atoms with van der Waals surface area (Å²) in [5, 5.41) is 19.6. The molecule has 1 rings (SSSR count). The van der Waals surface area contributed by atoms with Crippen LogP contribution in [0.2, 0.25) is 0 Å². The molecule has 0 radical (unpaired) electrons. The van der Waals surface area contributed by atoms with Crippen molar-refractivity contribution in [2.24, 2.45) is 0 Å². The fraction of sp³-hybridized carbons (Fsp3) is 0.462. The van der Waals surface area contributed by atoms with Crippen LogP contribution < -0.4 is 0 Å². The number of hydrogen-bond acceptors (Lipinski definition) is 4. The molecule has 100 valence electrons. The average molecular weight is 269 g/mol. The van der Waals surface area contributed by atoms with E-state index >= 15 is 0 Å². The Bertz CT molecular complexity index is 395. The Balaban J connectivity index is 2.70. The number of rotatable bonds is 8. The highest BCUT2D eigenvalue weighted by Crippen LogP contribution is 2.20. The molecule has 1 aromatic rings. The van der Waals surface area contributed by atoms with E-state index in [-0.39, 0.29) is 6.61 Å². The van der Waals surface area contributed by atoms with Gasteiger partial charge < -0.3 is 10.2 Å². The highest BCUT2D eigenvalue weighted by Gasteiger charge is 2.08. The van der Waals surface area contributed by atoms with E-state index in [4.69, 9.17) is 10.2 Å². The fourth-order valence-electron chi connectivity index (χ4n) is 1.72. The van der Waals surface area contributed by atoms with Crippen LogP contribution in [0.3, 0.4) is 0 Å². The summed E-state index contributed by atoms with van der Waals surface area (Å²) in [6.07, 6.45) is 3.81. The maximum absolute atomic E-state index is 10.5. The predicted molar refractivity (Wildman–Crippen MR) is 73.6 cm³/mol. The van der Waals surface area contributed by atoms with E-state index in [0.29, 0.717) is 6.54 Å². The monoisotopic (exact) mass is 269 g/mol. The van der Waals surface area contributed by atoms with Crippen molar-refractivity contribution in [3.63, 3.8) is 0 Å². The quantitative estimate of drug-likeness (QED) is 0.709. The van der Waals surface area contributed by atoms with Crippen molar-refractivity contribution in [1.29, 1.82) is 0 Å². The summed E-state index contributed by atoms with van der Waals surface area (Å²) >= 11 is 1.61. The van der Waals surface area contributed by atoms with Crippen molar-refractivity contribution in [2.75, 3.05) is 19.7 Å². The van der Waals surface area contributed by atoms with E-state index in [0.717, 1.165) is 36.0 Å². The number of aliphatic hydroxyl groups is 1. The Morgan fingerprint density at radius 3 is 2.89 bits per heavy atom. The molecule has 0 aliphatic carbocycles. The zero-order chi connectivity index (χ0) is 13.4. The van der Waals surface area contributed by atoms with Crippen LogP contribution in [0.15, 0.2) is 17.5 Å². The molecule has 4 nitrogen and oxygen atoms in total. The molecule has 1 heterocycles. The number of carbonyl (C=O) groups is 1. The molecule has 1 aromatic heterocycles. The topological polar surface area (TPSA) is 60.8 Å². The van der Waals surface area contributed by atoms with Gasteiger partial charge in [-0.2, -0.15) is 0 Å². The lowest BCUT2D eigenvalue weighted by Crippen LogP contribution is -2.27. The molecular weight excluding hydrogens is 250 g/mol. The molecule has 0 unspecified atom stereocenters. The summed E-state index contributed by atoms with van der Waals surface area (Å²) in [6.45, 7) is 4.58. The first-order valence-electron chi connectivity index (χ1n) is 5.98. The summed E-state index contributed by atoms with van der Waals surface area (Å²) in [5.74, 6) is -0.937. The third kappa shape index (κ3) is 5.00. The Hall–Kier alpha value is -1.17. The maximum atomic E-state index is 10.5. The van der Waals surface area contributed by atoms with E-state index in [9.17, 15) is 4.79 Å². The lowest BCUT2D eigenvalue weighted by molar-refractivity contribution is -0.131. The lowest BCUT2D eigenvalue weighted by atomic mass is 10.2. The molecule has 0 fully saturated rings. The van der Waals surface area contributed by atoms with Crippen molar-refractivity contribution in [2.45, 2.75) is 19.9 Å². The maximum Gasteiger partial charge on any atom is 0.328 e. The fourth-order valence-corrected chi connectivity index (χ4v) is 2.63. The molecule has 5 heteroatoms. The van der Waals surface area contributed by atoms with Gasteiger partial charge in [0.1, 0.15) is 0 Å². The summed E-state index contributed by atoms with van der Waals surface area (Å²) in [4.78, 5) is 13.8. The van der Waals surface area contributed by atoms with Crippen LogP contribution in [0.1, 0.15) is 23.8 Å². The molecule has 0 spiro atoms. The van der Waals surface area contributed by atoms with Crippen LogP contribution in [-0.4, -0.2) is 40.8 Å². The van der Waals surface area contributed by atoms with Gasteiger partial charge in [0.25, 0.3) is 0 Å². The molecule has 0 aromatic carbocycles. The predicted octanol–water partition coefficient (Wildman–Crippen LogP) is 2.05. The van der Waals surface area contributed by atoms with Crippen LogP contribution in [0, 0.1) is 0 Å². The SMILES string of the molecule is CCCN(CCO)Cc1sccc1C=CC(=O)O. The molecule has 0 aliphatic rings. The van der Waals surface area contributed by atoms with E-state index < -0.39 is 5.97 Å². The highest BCUT2D eigenvalue weighted by atomic mass is 32.1. The zero-order valence-electron chi connectivity index (χ0n) is 10.5. The van der Waals surface area contributed by atoms with E-state index in [1.54, 1.807) is 17.4 Å². The first-order valence-corrected chi connectivity index (χ1v) is 6.86. The molecule has 0 saturated heterocycles. The second kappa shape index (κ2) is 8.02. The summed E-state index contributed by atoms with van der Waals surface area (Å²) in [5.41, 5.74) is 0.946. The minimum atomic E-state index is -0.937. The van der Waals surface area contributed by atoms with Gasteiger partial charge in [0.15, 0.2) is 0 Å². The molecule has 0 amide bonds. The van der Waals surface area contributed by atoms with Crippen LogP contribution in [0.25, 0.3) is 6.08 Å². The second-order valence-electron chi connectivity index (χ2n) is 3.97. The number of carboxylic acid groups (broad SMARTS) is 1. The first-order chi connectivity index (χ1) is 8.67. The molecule has 0 bridgehead atoms. The van der Waals surface area contributed by atoms with Crippen molar-refractivity contribution in [3.8, 4) is 0 Å². The average Bonchev–Trinajstić information content (AvgIpc) is 2.74. The van der Waals surface area contributed by atoms with Gasteiger partial charge in [-0.25, -0.2) is 4.79 Å². The van der Waals surface area contributed by atoms with Crippen LogP contribution in [-0.2, 0) is 11.3 Å². The minimum absolute atomic E-state index is 0.145.